The van der Waals surface area contributed by atoms with E-state index in [2.05, 4.69) is 0 Å². The van der Waals surface area contributed by atoms with Crippen LogP contribution in [0.3, 0.4) is 0 Å². The molecular weight excluding hydrogens is 116 g/mol. The molecule has 2 nitrogen and oxygen atoms in total. The monoisotopic (exact) mass is 124 g/mol. The van der Waals surface area contributed by atoms with Crippen molar-refractivity contribution in [3.63, 3.8) is 0 Å². The highest BCUT2D eigenvalue weighted by molar-refractivity contribution is 6.02. The first-order valence-electron chi connectivity index (χ1n) is 2.84. The smallest absolute Gasteiger partial charge is 0.219 e. The average Bonchev–Trinajstić information content (AvgIpc) is 1.89. The molecule has 0 unspecified atom stereocenters. The molecule has 48 valence electrons. The predicted octanol–water partition coefficient (Wildman–Crippen LogP) is 1.05. The molecule has 0 saturated heterocycles. The van der Waals surface area contributed by atoms with E-state index in [4.69, 9.17) is 4.74 Å². The van der Waals surface area contributed by atoms with Gasteiger partial charge < -0.3 is 4.74 Å². The average molecular weight is 124 g/mol. The molecule has 1 rings (SSSR count). The zero-order chi connectivity index (χ0) is 6.69. The third kappa shape index (κ3) is 1.19. The van der Waals surface area contributed by atoms with Gasteiger partial charge in [-0.3, -0.25) is 4.79 Å². The molecule has 0 aliphatic carbocycles. The van der Waals surface area contributed by atoms with E-state index in [1.54, 1.807) is 19.1 Å². The first-order chi connectivity index (χ1) is 4.34. The summed E-state index contributed by atoms with van der Waals surface area (Å²) in [4.78, 5) is 10.7. The van der Waals surface area contributed by atoms with Gasteiger partial charge in [0.25, 0.3) is 0 Å². The van der Waals surface area contributed by atoms with Crippen molar-refractivity contribution in [2.24, 2.45) is 0 Å². The number of allylic oxidation sites excluding steroid dienone is 2. The number of carbonyl (C=O) groups is 1. The molecule has 0 bridgehead atoms. The van der Waals surface area contributed by atoms with Gasteiger partial charge in [-0.25, -0.2) is 0 Å². The second-order valence-corrected chi connectivity index (χ2v) is 1.73. The second kappa shape index (κ2) is 2.49. The third-order valence-electron chi connectivity index (χ3n) is 1.11. The summed E-state index contributed by atoms with van der Waals surface area (Å²) in [7, 11) is 0. The third-order valence-corrected chi connectivity index (χ3v) is 1.11. The van der Waals surface area contributed by atoms with Gasteiger partial charge in [0.15, 0.2) is 5.76 Å². The Labute approximate surface area is 53.8 Å². The maximum absolute atomic E-state index is 10.7. The summed E-state index contributed by atoms with van der Waals surface area (Å²) in [5.74, 6) is 0.418. The molecular formula is C7H8O2. The normalized spacial score (nSPS) is 22.3. The molecule has 0 radical (unpaired) electrons. The van der Waals surface area contributed by atoms with Crippen LogP contribution < -0.4 is 0 Å². The van der Waals surface area contributed by atoms with E-state index in [-0.39, 0.29) is 5.78 Å². The highest BCUT2D eigenvalue weighted by Gasteiger charge is 2.08. The molecule has 0 spiro atoms. The number of rotatable bonds is 0. The van der Waals surface area contributed by atoms with E-state index in [0.717, 1.165) is 0 Å². The fraction of sp³-hybridized carbons (Fsp3) is 0.286. The van der Waals surface area contributed by atoms with Crippen LogP contribution in [0, 0.1) is 0 Å². The van der Waals surface area contributed by atoms with Crippen molar-refractivity contribution in [3.05, 3.63) is 24.0 Å². The van der Waals surface area contributed by atoms with E-state index in [0.29, 0.717) is 12.4 Å². The Morgan fingerprint density at radius 3 is 3.00 bits per heavy atom. The Morgan fingerprint density at radius 1 is 1.78 bits per heavy atom. The summed E-state index contributed by atoms with van der Waals surface area (Å²) in [6.07, 6.45) is 4.90. The zero-order valence-corrected chi connectivity index (χ0v) is 5.26. The predicted molar refractivity (Wildman–Crippen MR) is 33.9 cm³/mol. The van der Waals surface area contributed by atoms with Gasteiger partial charge in [0.05, 0.1) is 0 Å². The molecule has 2 heteroatoms. The van der Waals surface area contributed by atoms with Crippen LogP contribution in [0.1, 0.15) is 6.92 Å². The lowest BCUT2D eigenvalue weighted by Gasteiger charge is -2.07. The molecule has 0 N–H and O–H groups in total. The number of hydrogen-bond acceptors (Lipinski definition) is 2. The van der Waals surface area contributed by atoms with Crippen LogP contribution in [-0.4, -0.2) is 12.4 Å². The molecule has 1 heterocycles. The van der Waals surface area contributed by atoms with Crippen LogP contribution in [0.25, 0.3) is 0 Å². The second-order valence-electron chi connectivity index (χ2n) is 1.73. The maximum atomic E-state index is 10.7. The number of ketones is 1. The van der Waals surface area contributed by atoms with Gasteiger partial charge in [-0.05, 0) is 25.2 Å². The molecule has 0 amide bonds. The fourth-order valence-electron chi connectivity index (χ4n) is 0.672. The van der Waals surface area contributed by atoms with Crippen LogP contribution in [0.5, 0.6) is 0 Å². The molecule has 0 aromatic heterocycles. The van der Waals surface area contributed by atoms with Gasteiger partial charge in [-0.2, -0.15) is 0 Å². The standard InChI is InChI=1S/C7H8O2/c1-2-7-6(8)4-3-5-9-7/h2-4H,5H2,1H3/b7-2+. The highest BCUT2D eigenvalue weighted by atomic mass is 16.5. The van der Waals surface area contributed by atoms with Crippen LogP contribution in [0.2, 0.25) is 0 Å². The van der Waals surface area contributed by atoms with Gasteiger partial charge in [0, 0.05) is 0 Å². The van der Waals surface area contributed by atoms with Crippen molar-refractivity contribution in [1.29, 1.82) is 0 Å². The van der Waals surface area contributed by atoms with Crippen molar-refractivity contribution in [3.8, 4) is 0 Å². The summed E-state index contributed by atoms with van der Waals surface area (Å²) in [6.45, 7) is 2.30. The Kier molecular flexibility index (Phi) is 1.68. The molecule has 1 aliphatic heterocycles. The molecule has 1 aliphatic rings. The summed E-state index contributed by atoms with van der Waals surface area (Å²) in [5.41, 5.74) is 0. The summed E-state index contributed by atoms with van der Waals surface area (Å²) < 4.78 is 4.96. The lowest BCUT2D eigenvalue weighted by atomic mass is 10.2. The van der Waals surface area contributed by atoms with E-state index in [1.165, 1.54) is 6.08 Å². The lowest BCUT2D eigenvalue weighted by Crippen LogP contribution is -2.08. The Hall–Kier alpha value is -1.05. The van der Waals surface area contributed by atoms with Gasteiger partial charge in [-0.15, -0.1) is 0 Å². The van der Waals surface area contributed by atoms with Crippen LogP contribution in [0.15, 0.2) is 24.0 Å². The number of carbonyl (C=O) groups excluding carboxylic acids is 1. The number of ether oxygens (including phenoxy) is 1. The van der Waals surface area contributed by atoms with Crippen LogP contribution in [0.4, 0.5) is 0 Å². The van der Waals surface area contributed by atoms with E-state index in [9.17, 15) is 4.79 Å². The minimum absolute atomic E-state index is 0.0382. The quantitative estimate of drug-likeness (QED) is 0.451. The van der Waals surface area contributed by atoms with E-state index in [1.807, 2.05) is 0 Å². The summed E-state index contributed by atoms with van der Waals surface area (Å²) >= 11 is 0. The Bertz CT molecular complexity index is 177. The zero-order valence-electron chi connectivity index (χ0n) is 5.26. The van der Waals surface area contributed by atoms with Crippen molar-refractivity contribution >= 4 is 5.78 Å². The largest absolute Gasteiger partial charge is 0.486 e. The lowest BCUT2D eigenvalue weighted by molar-refractivity contribution is -0.114. The van der Waals surface area contributed by atoms with Gasteiger partial charge in [0.2, 0.25) is 5.78 Å². The summed E-state index contributed by atoms with van der Waals surface area (Å²) in [6, 6.07) is 0. The molecule has 0 fully saturated rings. The van der Waals surface area contributed by atoms with Gasteiger partial charge >= 0.3 is 0 Å². The van der Waals surface area contributed by atoms with Crippen molar-refractivity contribution < 1.29 is 9.53 Å². The van der Waals surface area contributed by atoms with Crippen LogP contribution >= 0.6 is 0 Å². The van der Waals surface area contributed by atoms with Gasteiger partial charge in [0.1, 0.15) is 6.61 Å². The molecule has 0 aromatic rings. The first kappa shape index (κ1) is 6.08. The molecule has 0 atom stereocenters. The van der Waals surface area contributed by atoms with Crippen molar-refractivity contribution in [2.45, 2.75) is 6.92 Å². The summed E-state index contributed by atoms with van der Waals surface area (Å²) in [5, 5.41) is 0. The number of hydrogen-bond donors (Lipinski definition) is 0. The molecule has 0 saturated carbocycles. The first-order valence-corrected chi connectivity index (χ1v) is 2.84. The molecule has 0 aromatic carbocycles. The fourth-order valence-corrected chi connectivity index (χ4v) is 0.672. The highest BCUT2D eigenvalue weighted by Crippen LogP contribution is 2.04. The molecule has 9 heavy (non-hydrogen) atoms. The minimum Gasteiger partial charge on any atom is -0.486 e. The Morgan fingerprint density at radius 2 is 2.56 bits per heavy atom. The van der Waals surface area contributed by atoms with Crippen LogP contribution in [-0.2, 0) is 9.53 Å². The minimum atomic E-state index is -0.0382. The SMILES string of the molecule is C/C=C1/OCC=CC1=O. The maximum Gasteiger partial charge on any atom is 0.219 e. The Balaban J connectivity index is 2.78. The topological polar surface area (TPSA) is 26.3 Å². The van der Waals surface area contributed by atoms with E-state index >= 15 is 0 Å². The van der Waals surface area contributed by atoms with Gasteiger partial charge in [-0.1, -0.05) is 0 Å². The van der Waals surface area contributed by atoms with Crippen molar-refractivity contribution in [2.75, 3.05) is 6.61 Å². The van der Waals surface area contributed by atoms with E-state index < -0.39 is 0 Å². The van der Waals surface area contributed by atoms with Crippen molar-refractivity contribution in [1.82, 2.24) is 0 Å².